The molecule has 0 aliphatic rings. The minimum Gasteiger partial charge on any atom is -0.288 e. The molecule has 0 fully saturated rings. The fourth-order valence-electron chi connectivity index (χ4n) is 2.63. The molecule has 2 rings (SSSR count). The number of nitrogens with zero attached hydrogens (tertiary/aromatic N) is 1. The highest BCUT2D eigenvalue weighted by Gasteiger charge is 2.07. The van der Waals surface area contributed by atoms with E-state index in [1.165, 1.54) is 17.5 Å². The Morgan fingerprint density at radius 2 is 1.73 bits per heavy atom. The Kier molecular flexibility index (Phi) is 6.14. The number of hydrogen-bond acceptors (Lipinski definition) is 1. The summed E-state index contributed by atoms with van der Waals surface area (Å²) in [5.41, 5.74) is 5.07. The van der Waals surface area contributed by atoms with Gasteiger partial charge in [0.05, 0.1) is 5.71 Å². The fourth-order valence-corrected chi connectivity index (χ4v) is 2.63. The van der Waals surface area contributed by atoms with Crippen molar-refractivity contribution in [2.45, 2.75) is 32.6 Å². The molecule has 0 radical (unpaired) electrons. The van der Waals surface area contributed by atoms with Crippen LogP contribution in [0.5, 0.6) is 0 Å². The molecule has 0 amide bonds. The summed E-state index contributed by atoms with van der Waals surface area (Å²) in [5, 5.41) is 0. The SMILES string of the molecule is CC[C@H](C)c1ccccc1C/C=C\C(=NC)c1ccccc1. The largest absolute Gasteiger partial charge is 0.288 e. The molecule has 0 heterocycles. The zero-order chi connectivity index (χ0) is 15.8. The van der Waals surface area contributed by atoms with E-state index < -0.39 is 0 Å². The van der Waals surface area contributed by atoms with Gasteiger partial charge >= 0.3 is 0 Å². The molecule has 0 N–H and O–H groups in total. The minimum atomic E-state index is 0.609. The van der Waals surface area contributed by atoms with Crippen LogP contribution in [0, 0.1) is 0 Å². The lowest BCUT2D eigenvalue weighted by molar-refractivity contribution is 0.725. The van der Waals surface area contributed by atoms with Gasteiger partial charge < -0.3 is 0 Å². The number of aliphatic imine (C=N–C) groups is 1. The molecule has 114 valence electrons. The molecule has 0 saturated carbocycles. The van der Waals surface area contributed by atoms with E-state index in [0.717, 1.165) is 17.7 Å². The second-order valence-corrected chi connectivity index (χ2v) is 5.59. The first-order valence-corrected chi connectivity index (χ1v) is 8.02. The van der Waals surface area contributed by atoms with Crippen LogP contribution in [0.3, 0.4) is 0 Å². The van der Waals surface area contributed by atoms with E-state index in [-0.39, 0.29) is 0 Å². The smallest absolute Gasteiger partial charge is 0.0640 e. The minimum absolute atomic E-state index is 0.609. The molecule has 2 aromatic carbocycles. The molecule has 0 saturated heterocycles. The Morgan fingerprint density at radius 3 is 2.41 bits per heavy atom. The molecule has 1 nitrogen and oxygen atoms in total. The van der Waals surface area contributed by atoms with Gasteiger partial charge in [-0.25, -0.2) is 0 Å². The number of rotatable bonds is 6. The van der Waals surface area contributed by atoms with Gasteiger partial charge in [-0.1, -0.05) is 74.5 Å². The van der Waals surface area contributed by atoms with Crippen molar-refractivity contribution in [2.75, 3.05) is 7.05 Å². The van der Waals surface area contributed by atoms with Crippen molar-refractivity contribution in [1.29, 1.82) is 0 Å². The van der Waals surface area contributed by atoms with Crippen molar-refractivity contribution in [3.05, 3.63) is 83.4 Å². The summed E-state index contributed by atoms with van der Waals surface area (Å²) in [6.07, 6.45) is 6.47. The second-order valence-electron chi connectivity index (χ2n) is 5.59. The molecule has 0 unspecified atom stereocenters. The molecule has 1 atom stereocenters. The summed E-state index contributed by atoms with van der Waals surface area (Å²) in [4.78, 5) is 4.39. The summed E-state index contributed by atoms with van der Waals surface area (Å²) in [7, 11) is 1.85. The maximum absolute atomic E-state index is 4.39. The first kappa shape index (κ1) is 16.2. The molecule has 0 aromatic heterocycles. The van der Waals surface area contributed by atoms with Crippen LogP contribution in [-0.2, 0) is 6.42 Å². The maximum atomic E-state index is 4.39. The Labute approximate surface area is 134 Å². The van der Waals surface area contributed by atoms with Gasteiger partial charge in [0.15, 0.2) is 0 Å². The first-order valence-electron chi connectivity index (χ1n) is 8.02. The molecule has 0 aliphatic heterocycles. The Morgan fingerprint density at radius 1 is 1.05 bits per heavy atom. The van der Waals surface area contributed by atoms with E-state index in [9.17, 15) is 0 Å². The zero-order valence-corrected chi connectivity index (χ0v) is 13.8. The standard InChI is InChI=1S/C21H25N/c1-4-17(2)20-15-9-8-11-18(20)14-10-16-21(22-3)19-12-6-5-7-13-19/h5-13,15-17H,4,14H2,1-3H3/b16-10-,22-21?/t17-/m0/s1. The van der Waals surface area contributed by atoms with Crippen molar-refractivity contribution in [3.8, 4) is 0 Å². The van der Waals surface area contributed by atoms with Gasteiger partial charge in [0.25, 0.3) is 0 Å². The topological polar surface area (TPSA) is 12.4 Å². The van der Waals surface area contributed by atoms with Gasteiger partial charge in [0, 0.05) is 7.05 Å². The van der Waals surface area contributed by atoms with Crippen LogP contribution in [-0.4, -0.2) is 12.8 Å². The van der Waals surface area contributed by atoms with Crippen LogP contribution < -0.4 is 0 Å². The monoisotopic (exact) mass is 291 g/mol. The van der Waals surface area contributed by atoms with Gasteiger partial charge in [-0.05, 0) is 41.5 Å². The average Bonchev–Trinajstić information content (AvgIpc) is 2.59. The molecule has 2 aromatic rings. The molecule has 0 bridgehead atoms. The van der Waals surface area contributed by atoms with Crippen LogP contribution in [0.15, 0.2) is 71.7 Å². The number of hydrogen-bond donors (Lipinski definition) is 0. The highest BCUT2D eigenvalue weighted by Crippen LogP contribution is 2.23. The van der Waals surface area contributed by atoms with Crippen molar-refractivity contribution < 1.29 is 0 Å². The lowest BCUT2D eigenvalue weighted by Crippen LogP contribution is -1.99. The molecule has 1 heteroatoms. The van der Waals surface area contributed by atoms with Crippen LogP contribution in [0.4, 0.5) is 0 Å². The summed E-state index contributed by atoms with van der Waals surface area (Å²) < 4.78 is 0. The average molecular weight is 291 g/mol. The van der Waals surface area contributed by atoms with E-state index in [1.807, 2.05) is 25.2 Å². The maximum Gasteiger partial charge on any atom is 0.0640 e. The predicted molar refractivity (Wildman–Crippen MR) is 96.9 cm³/mol. The zero-order valence-electron chi connectivity index (χ0n) is 13.8. The van der Waals surface area contributed by atoms with E-state index in [1.54, 1.807) is 0 Å². The lowest BCUT2D eigenvalue weighted by Gasteiger charge is -2.13. The van der Waals surface area contributed by atoms with Crippen molar-refractivity contribution in [1.82, 2.24) is 0 Å². The van der Waals surface area contributed by atoms with Crippen LogP contribution in [0.2, 0.25) is 0 Å². The third-order valence-corrected chi connectivity index (χ3v) is 4.12. The normalized spacial score (nSPS) is 13.5. The highest BCUT2D eigenvalue weighted by molar-refractivity contribution is 6.08. The number of benzene rings is 2. The van der Waals surface area contributed by atoms with Crippen LogP contribution in [0.25, 0.3) is 0 Å². The Hall–Kier alpha value is -2.15. The van der Waals surface area contributed by atoms with Crippen LogP contribution in [0.1, 0.15) is 42.9 Å². The molecule has 0 spiro atoms. The Bertz CT molecular complexity index is 638. The highest BCUT2D eigenvalue weighted by atomic mass is 14.7. The van der Waals surface area contributed by atoms with Crippen molar-refractivity contribution in [2.24, 2.45) is 4.99 Å². The summed E-state index contributed by atoms with van der Waals surface area (Å²) in [5.74, 6) is 0.609. The molecular weight excluding hydrogens is 266 g/mol. The number of allylic oxidation sites excluding steroid dienone is 2. The third kappa shape index (κ3) is 4.17. The third-order valence-electron chi connectivity index (χ3n) is 4.12. The van der Waals surface area contributed by atoms with Gasteiger partial charge in [-0.2, -0.15) is 0 Å². The lowest BCUT2D eigenvalue weighted by atomic mass is 9.92. The molecular formula is C21H25N. The van der Waals surface area contributed by atoms with Crippen LogP contribution >= 0.6 is 0 Å². The van der Waals surface area contributed by atoms with E-state index in [0.29, 0.717) is 5.92 Å². The summed E-state index contributed by atoms with van der Waals surface area (Å²) in [6.45, 7) is 4.54. The summed E-state index contributed by atoms with van der Waals surface area (Å²) >= 11 is 0. The first-order chi connectivity index (χ1) is 10.8. The van der Waals surface area contributed by atoms with Gasteiger partial charge in [-0.15, -0.1) is 0 Å². The predicted octanol–water partition coefficient (Wildman–Crippen LogP) is 5.42. The van der Waals surface area contributed by atoms with Crippen molar-refractivity contribution >= 4 is 5.71 Å². The van der Waals surface area contributed by atoms with Crippen molar-refractivity contribution in [3.63, 3.8) is 0 Å². The fraction of sp³-hybridized carbons (Fsp3) is 0.286. The molecule has 0 aliphatic carbocycles. The summed E-state index contributed by atoms with van der Waals surface area (Å²) in [6, 6.07) is 19.1. The quantitative estimate of drug-likeness (QED) is 0.630. The van der Waals surface area contributed by atoms with Gasteiger partial charge in [-0.3, -0.25) is 4.99 Å². The van der Waals surface area contributed by atoms with E-state index >= 15 is 0 Å². The van der Waals surface area contributed by atoms with Gasteiger partial charge in [0.1, 0.15) is 0 Å². The molecule has 22 heavy (non-hydrogen) atoms. The van der Waals surface area contributed by atoms with Gasteiger partial charge in [0.2, 0.25) is 0 Å². The van der Waals surface area contributed by atoms with E-state index in [4.69, 9.17) is 0 Å². The second kappa shape index (κ2) is 8.33. The van der Waals surface area contributed by atoms with E-state index in [2.05, 4.69) is 67.4 Å². The Balaban J connectivity index is 2.13.